The van der Waals surface area contributed by atoms with Crippen molar-refractivity contribution in [3.63, 3.8) is 0 Å². The molecule has 0 saturated carbocycles. The van der Waals surface area contributed by atoms with Gasteiger partial charge in [0.1, 0.15) is 0 Å². The highest BCUT2D eigenvalue weighted by molar-refractivity contribution is 8.78. The maximum atomic E-state index is 2.27. The van der Waals surface area contributed by atoms with Crippen LogP contribution >= 0.6 is 21.6 Å². The quantitative estimate of drug-likeness (QED) is 0.364. The van der Waals surface area contributed by atoms with E-state index in [2.05, 4.69) is 25.3 Å². The summed E-state index contributed by atoms with van der Waals surface area (Å²) in [6, 6.07) is 0. The van der Waals surface area contributed by atoms with Crippen LogP contribution in [0, 0.1) is 0 Å². The molecular formula is C14H28S2. The summed E-state index contributed by atoms with van der Waals surface area (Å²) in [6.45, 7) is 4.55. The van der Waals surface area contributed by atoms with Crippen molar-refractivity contribution < 1.29 is 0 Å². The van der Waals surface area contributed by atoms with E-state index in [0.717, 1.165) is 0 Å². The van der Waals surface area contributed by atoms with Crippen molar-refractivity contribution in [1.29, 1.82) is 0 Å². The van der Waals surface area contributed by atoms with Gasteiger partial charge in [-0.2, -0.15) is 0 Å². The molecule has 2 heteroatoms. The highest BCUT2D eigenvalue weighted by Gasteiger charge is 1.89. The van der Waals surface area contributed by atoms with Crippen molar-refractivity contribution in [1.82, 2.24) is 0 Å². The van der Waals surface area contributed by atoms with Gasteiger partial charge >= 0.3 is 0 Å². The summed E-state index contributed by atoms with van der Waals surface area (Å²) >= 11 is 0. The fourth-order valence-corrected chi connectivity index (χ4v) is 3.15. The van der Waals surface area contributed by atoms with Crippen LogP contribution < -0.4 is 0 Å². The van der Waals surface area contributed by atoms with Crippen molar-refractivity contribution in [3.05, 3.63) is 11.5 Å². The third-order valence-electron chi connectivity index (χ3n) is 2.59. The lowest BCUT2D eigenvalue weighted by atomic mass is 10.1. The van der Waals surface area contributed by atoms with Crippen molar-refractivity contribution in [2.45, 2.75) is 71.6 Å². The largest absolute Gasteiger partial charge is 0.0854 e. The Labute approximate surface area is 110 Å². The summed E-state index contributed by atoms with van der Waals surface area (Å²) in [7, 11) is 3.69. The molecule has 0 atom stereocenters. The van der Waals surface area contributed by atoms with Crippen LogP contribution in [-0.4, -0.2) is 5.75 Å². The fourth-order valence-electron chi connectivity index (χ4n) is 1.58. The Morgan fingerprint density at radius 3 is 1.56 bits per heavy atom. The van der Waals surface area contributed by atoms with Crippen molar-refractivity contribution in [2.24, 2.45) is 0 Å². The van der Waals surface area contributed by atoms with Gasteiger partial charge in [-0.15, -0.1) is 0 Å². The normalized spacial score (nSPS) is 13.6. The predicted molar refractivity (Wildman–Crippen MR) is 82.1 cm³/mol. The first-order valence-corrected chi connectivity index (χ1v) is 9.23. The molecule has 1 rings (SSSR count). The SMILES string of the molecule is C1=CSSC1.CCCCCCCCCCC. The average Bonchev–Trinajstić information content (AvgIpc) is 2.87. The van der Waals surface area contributed by atoms with Crippen LogP contribution in [-0.2, 0) is 0 Å². The molecule has 0 aromatic carbocycles. The zero-order chi connectivity index (χ0) is 11.9. The molecule has 0 aromatic rings. The molecule has 1 heterocycles. The molecule has 0 spiro atoms. The number of hydrogen-bond acceptors (Lipinski definition) is 2. The smallest absolute Gasteiger partial charge is 0.0229 e. The first kappa shape index (κ1) is 16.4. The van der Waals surface area contributed by atoms with E-state index >= 15 is 0 Å². The standard InChI is InChI=1S/C11H24.C3H4S2/c1-3-5-7-9-11-10-8-6-4-2;1-2-4-5-3-1/h3-11H2,1-2H3;1-2H,3H2. The van der Waals surface area contributed by atoms with Crippen LogP contribution in [0.4, 0.5) is 0 Å². The maximum absolute atomic E-state index is 2.27. The Bertz CT molecular complexity index is 130. The van der Waals surface area contributed by atoms with Gasteiger partial charge in [-0.3, -0.25) is 0 Å². The maximum Gasteiger partial charge on any atom is 0.0229 e. The molecule has 1 aliphatic rings. The van der Waals surface area contributed by atoms with Crippen LogP contribution in [0.1, 0.15) is 71.6 Å². The van der Waals surface area contributed by atoms with Gasteiger partial charge in [-0.25, -0.2) is 0 Å². The molecule has 0 unspecified atom stereocenters. The molecule has 0 aliphatic carbocycles. The van der Waals surface area contributed by atoms with E-state index in [1.807, 2.05) is 21.6 Å². The highest BCUT2D eigenvalue weighted by Crippen LogP contribution is 2.27. The summed E-state index contributed by atoms with van der Waals surface area (Å²) in [6.07, 6.45) is 15.1. The molecule has 0 bridgehead atoms. The second kappa shape index (κ2) is 15.4. The molecule has 96 valence electrons. The van der Waals surface area contributed by atoms with Crippen LogP contribution in [0.5, 0.6) is 0 Å². The average molecular weight is 261 g/mol. The lowest BCUT2D eigenvalue weighted by molar-refractivity contribution is 0.572. The van der Waals surface area contributed by atoms with E-state index in [9.17, 15) is 0 Å². The topological polar surface area (TPSA) is 0 Å². The minimum absolute atomic E-state index is 1.20. The number of hydrogen-bond donors (Lipinski definition) is 0. The Morgan fingerprint density at radius 2 is 1.31 bits per heavy atom. The minimum atomic E-state index is 1.20. The van der Waals surface area contributed by atoms with E-state index in [1.165, 1.54) is 63.5 Å². The van der Waals surface area contributed by atoms with Crippen molar-refractivity contribution in [3.8, 4) is 0 Å². The molecule has 0 fully saturated rings. The third-order valence-corrected chi connectivity index (χ3v) is 4.51. The Kier molecular flexibility index (Phi) is 15.9. The molecule has 16 heavy (non-hydrogen) atoms. The molecule has 0 amide bonds. The lowest BCUT2D eigenvalue weighted by Crippen LogP contribution is -1.79. The first-order chi connectivity index (χ1) is 7.91. The Morgan fingerprint density at radius 1 is 0.812 bits per heavy atom. The van der Waals surface area contributed by atoms with Gasteiger partial charge in [-0.05, 0) is 5.41 Å². The van der Waals surface area contributed by atoms with Crippen molar-refractivity contribution in [2.75, 3.05) is 5.75 Å². The zero-order valence-electron chi connectivity index (χ0n) is 11.0. The van der Waals surface area contributed by atoms with Crippen LogP contribution in [0.3, 0.4) is 0 Å². The number of unbranched alkanes of at least 4 members (excludes halogenated alkanes) is 8. The van der Waals surface area contributed by atoms with Crippen LogP contribution in [0.2, 0.25) is 0 Å². The second-order valence-electron chi connectivity index (χ2n) is 4.23. The Hall–Kier alpha value is 0.440. The molecule has 0 radical (unpaired) electrons. The molecule has 0 nitrogen and oxygen atoms in total. The summed E-state index contributed by atoms with van der Waals surface area (Å²) in [4.78, 5) is 0. The second-order valence-corrected chi connectivity index (χ2v) is 6.55. The monoisotopic (exact) mass is 260 g/mol. The van der Waals surface area contributed by atoms with Gasteiger partial charge in [0.15, 0.2) is 0 Å². The summed E-state index contributed by atoms with van der Waals surface area (Å²) in [5.74, 6) is 1.20. The van der Waals surface area contributed by atoms with Gasteiger partial charge in [-0.1, -0.05) is 99.3 Å². The minimum Gasteiger partial charge on any atom is -0.0854 e. The lowest BCUT2D eigenvalue weighted by Gasteiger charge is -1.98. The van der Waals surface area contributed by atoms with E-state index in [0.29, 0.717) is 0 Å². The van der Waals surface area contributed by atoms with E-state index in [4.69, 9.17) is 0 Å². The van der Waals surface area contributed by atoms with Gasteiger partial charge in [0.05, 0.1) is 0 Å². The van der Waals surface area contributed by atoms with E-state index < -0.39 is 0 Å². The summed E-state index contributed by atoms with van der Waals surface area (Å²) < 4.78 is 0. The molecular weight excluding hydrogens is 232 g/mol. The number of rotatable bonds is 8. The van der Waals surface area contributed by atoms with Crippen LogP contribution in [0.25, 0.3) is 0 Å². The highest BCUT2D eigenvalue weighted by atomic mass is 33.1. The van der Waals surface area contributed by atoms with E-state index in [-0.39, 0.29) is 0 Å². The third kappa shape index (κ3) is 14.4. The molecule has 0 aromatic heterocycles. The van der Waals surface area contributed by atoms with Gasteiger partial charge in [0.25, 0.3) is 0 Å². The predicted octanol–water partition coefficient (Wildman–Crippen LogP) is 6.43. The van der Waals surface area contributed by atoms with Crippen LogP contribution in [0.15, 0.2) is 11.5 Å². The molecule has 0 saturated heterocycles. The Balaban J connectivity index is 0.000000368. The van der Waals surface area contributed by atoms with Gasteiger partial charge in [0.2, 0.25) is 0 Å². The van der Waals surface area contributed by atoms with Gasteiger partial charge in [0, 0.05) is 5.75 Å². The zero-order valence-corrected chi connectivity index (χ0v) is 12.7. The van der Waals surface area contributed by atoms with E-state index in [1.54, 1.807) is 0 Å². The van der Waals surface area contributed by atoms with Crippen molar-refractivity contribution >= 4 is 21.6 Å². The molecule has 1 aliphatic heterocycles. The summed E-state index contributed by atoms with van der Waals surface area (Å²) in [5, 5.41) is 2.12. The fraction of sp³-hybridized carbons (Fsp3) is 0.857. The molecule has 0 N–H and O–H groups in total. The van der Waals surface area contributed by atoms with Gasteiger partial charge < -0.3 is 0 Å². The first-order valence-electron chi connectivity index (χ1n) is 6.85. The summed E-state index contributed by atoms with van der Waals surface area (Å²) in [5.41, 5.74) is 0.